The number of phosphoric acid groups is 1. The van der Waals surface area contributed by atoms with Crippen molar-refractivity contribution < 1.29 is 23.2 Å². The molecular weight excluding hydrogens is 357 g/mol. The van der Waals surface area contributed by atoms with Crippen molar-refractivity contribution in [3.63, 3.8) is 0 Å². The number of hydrogen-bond acceptors (Lipinski definition) is 7. The van der Waals surface area contributed by atoms with Gasteiger partial charge in [0.15, 0.2) is 0 Å². The van der Waals surface area contributed by atoms with Gasteiger partial charge in [-0.05, 0) is 19.4 Å². The fourth-order valence-corrected chi connectivity index (χ4v) is 3.79. The maximum atomic E-state index is 11.3. The van der Waals surface area contributed by atoms with Crippen LogP contribution in [0.1, 0.15) is 30.9 Å². The Balaban J connectivity index is 1.61. The Kier molecular flexibility index (Phi) is 4.16. The van der Waals surface area contributed by atoms with Gasteiger partial charge in [0.1, 0.15) is 17.6 Å². The van der Waals surface area contributed by atoms with Gasteiger partial charge in [-0.2, -0.15) is 4.98 Å². The Morgan fingerprint density at radius 3 is 2.58 bits per heavy atom. The molecule has 2 aliphatic heterocycles. The lowest BCUT2D eigenvalue weighted by Crippen LogP contribution is -2.41. The summed E-state index contributed by atoms with van der Waals surface area (Å²) in [7, 11) is -3.87. The maximum absolute atomic E-state index is 11.3. The minimum atomic E-state index is -3.87. The van der Waals surface area contributed by atoms with E-state index in [4.69, 9.17) is 13.8 Å². The van der Waals surface area contributed by atoms with Crippen LogP contribution in [0.5, 0.6) is 5.88 Å². The Hall–Kier alpha value is -2.12. The smallest absolute Gasteiger partial charge is 0.463 e. The summed E-state index contributed by atoms with van der Waals surface area (Å²) in [4.78, 5) is 22.0. The van der Waals surface area contributed by atoms with E-state index in [2.05, 4.69) is 15.0 Å². The van der Waals surface area contributed by atoms with Crippen molar-refractivity contribution in [2.75, 3.05) is 13.2 Å². The molecule has 9 heteroatoms. The van der Waals surface area contributed by atoms with Gasteiger partial charge in [0.05, 0.1) is 25.1 Å². The van der Waals surface area contributed by atoms with Crippen molar-refractivity contribution in [1.29, 1.82) is 0 Å². The highest BCUT2D eigenvalue weighted by Crippen LogP contribution is 2.48. The van der Waals surface area contributed by atoms with E-state index < -0.39 is 13.4 Å². The molecule has 1 aromatic carbocycles. The third-order valence-electron chi connectivity index (χ3n) is 4.35. The summed E-state index contributed by atoms with van der Waals surface area (Å²) >= 11 is 0. The highest BCUT2D eigenvalue weighted by molar-refractivity contribution is 7.47. The summed E-state index contributed by atoms with van der Waals surface area (Å²) < 4.78 is 27.1. The number of nitrogens with zero attached hydrogens (tertiary/aromatic N) is 3. The highest BCUT2D eigenvalue weighted by Gasteiger charge is 2.35. The van der Waals surface area contributed by atoms with Crippen LogP contribution in [0.2, 0.25) is 0 Å². The first kappa shape index (κ1) is 17.3. The van der Waals surface area contributed by atoms with Gasteiger partial charge >= 0.3 is 7.82 Å². The lowest BCUT2D eigenvalue weighted by atomic mass is 9.92. The van der Waals surface area contributed by atoms with Crippen LogP contribution in [-0.4, -0.2) is 39.4 Å². The second-order valence-corrected chi connectivity index (χ2v) is 8.12. The molecule has 1 N–H and O–H groups in total. The zero-order valence-corrected chi connectivity index (χ0v) is 15.2. The largest absolute Gasteiger partial charge is 0.472 e. The molecule has 0 amide bonds. The maximum Gasteiger partial charge on any atom is 0.472 e. The fourth-order valence-electron chi connectivity index (χ4n) is 2.98. The van der Waals surface area contributed by atoms with Gasteiger partial charge in [0.2, 0.25) is 5.88 Å². The number of aliphatic imine (C=N–C) groups is 1. The Bertz CT molecular complexity index is 901. The van der Waals surface area contributed by atoms with E-state index in [-0.39, 0.29) is 19.1 Å². The molecule has 3 heterocycles. The first-order valence-electron chi connectivity index (χ1n) is 8.14. The van der Waals surface area contributed by atoms with Crippen LogP contribution in [0.3, 0.4) is 0 Å². The van der Waals surface area contributed by atoms with Crippen LogP contribution in [0, 0.1) is 0 Å². The summed E-state index contributed by atoms with van der Waals surface area (Å²) in [5.41, 5.74) is 2.62. The quantitative estimate of drug-likeness (QED) is 0.805. The summed E-state index contributed by atoms with van der Waals surface area (Å²) in [6, 6.07) is 7.77. The highest BCUT2D eigenvalue weighted by atomic mass is 31.2. The van der Waals surface area contributed by atoms with Crippen molar-refractivity contribution in [1.82, 2.24) is 9.97 Å². The molecule has 1 fully saturated rings. The van der Waals surface area contributed by atoms with E-state index in [0.717, 1.165) is 16.8 Å². The average molecular weight is 375 g/mol. The molecule has 2 aliphatic rings. The Morgan fingerprint density at radius 2 is 1.88 bits per heavy atom. The van der Waals surface area contributed by atoms with Crippen LogP contribution in [0.25, 0.3) is 0 Å². The topological polar surface area (TPSA) is 103 Å². The Morgan fingerprint density at radius 1 is 1.19 bits per heavy atom. The molecule has 8 nitrogen and oxygen atoms in total. The van der Waals surface area contributed by atoms with E-state index in [1.54, 1.807) is 6.20 Å². The van der Waals surface area contributed by atoms with Gasteiger partial charge in [-0.15, -0.1) is 0 Å². The molecule has 2 aromatic rings. The second-order valence-electron chi connectivity index (χ2n) is 6.66. The zero-order chi connectivity index (χ0) is 18.4. The van der Waals surface area contributed by atoms with Crippen molar-refractivity contribution in [2.45, 2.75) is 25.4 Å². The molecule has 1 saturated heterocycles. The van der Waals surface area contributed by atoms with Gasteiger partial charge < -0.3 is 9.63 Å². The number of aromatic nitrogens is 2. The van der Waals surface area contributed by atoms with Crippen molar-refractivity contribution in [2.24, 2.45) is 4.99 Å². The summed E-state index contributed by atoms with van der Waals surface area (Å²) in [5.74, 6) is 0.375. The molecular formula is C17H18N3O5P. The number of fused-ring (bicyclic) bond motifs is 1. The van der Waals surface area contributed by atoms with Crippen LogP contribution in [-0.2, 0) is 13.6 Å². The number of rotatable bonds is 2. The molecule has 0 bridgehead atoms. The van der Waals surface area contributed by atoms with E-state index in [1.807, 2.05) is 38.1 Å². The first-order valence-corrected chi connectivity index (χ1v) is 9.64. The van der Waals surface area contributed by atoms with Gasteiger partial charge in [-0.1, -0.05) is 24.3 Å². The number of hydrogen-bond donors (Lipinski definition) is 1. The molecule has 4 rings (SSSR count). The van der Waals surface area contributed by atoms with Gasteiger partial charge in [-0.3, -0.25) is 9.05 Å². The molecule has 0 saturated carbocycles. The summed E-state index contributed by atoms with van der Waals surface area (Å²) in [5, 5.41) is 0. The standard InChI is InChI=1S/C17H18N3O5P/c1-17(2)15(20-14-7-18-10-19-16(14)25-17)12-5-3-11(4-6-12)13-8-23-26(21,22)24-9-13/h3-7,10,13H,8-9H2,1-2H3,(H,21,22). The molecule has 0 aliphatic carbocycles. The minimum absolute atomic E-state index is 0.0926. The van der Waals surface area contributed by atoms with Gasteiger partial charge in [0.25, 0.3) is 0 Å². The van der Waals surface area contributed by atoms with Crippen LogP contribution >= 0.6 is 7.82 Å². The Labute approximate surface area is 150 Å². The summed E-state index contributed by atoms with van der Waals surface area (Å²) in [6.45, 7) is 4.17. The molecule has 0 atom stereocenters. The molecule has 1 aromatic heterocycles. The SMILES string of the molecule is CC1(C)Oc2ncncc2N=C1c1ccc(C2COP(=O)(O)OC2)cc1. The first-order chi connectivity index (χ1) is 12.3. The molecule has 0 spiro atoms. The monoisotopic (exact) mass is 375 g/mol. The van der Waals surface area contributed by atoms with Crippen LogP contribution in [0.15, 0.2) is 41.8 Å². The van der Waals surface area contributed by atoms with Crippen molar-refractivity contribution >= 4 is 19.2 Å². The number of phosphoric ester groups is 1. The van der Waals surface area contributed by atoms with Crippen LogP contribution in [0.4, 0.5) is 5.69 Å². The van der Waals surface area contributed by atoms with Crippen molar-refractivity contribution in [3.05, 3.63) is 47.9 Å². The number of benzene rings is 1. The molecule has 0 radical (unpaired) electrons. The van der Waals surface area contributed by atoms with Gasteiger partial charge in [0, 0.05) is 11.5 Å². The zero-order valence-electron chi connectivity index (χ0n) is 14.3. The third-order valence-corrected chi connectivity index (χ3v) is 5.30. The van der Waals surface area contributed by atoms with E-state index >= 15 is 0 Å². The second kappa shape index (κ2) is 6.25. The van der Waals surface area contributed by atoms with Gasteiger partial charge in [-0.25, -0.2) is 14.5 Å². The third kappa shape index (κ3) is 3.29. The molecule has 0 unspecified atom stereocenters. The van der Waals surface area contributed by atoms with Crippen molar-refractivity contribution in [3.8, 4) is 5.88 Å². The normalized spacial score (nSPS) is 27.2. The van der Waals surface area contributed by atoms with E-state index in [1.165, 1.54) is 6.33 Å². The van der Waals surface area contributed by atoms with E-state index in [0.29, 0.717) is 11.6 Å². The summed E-state index contributed by atoms with van der Waals surface area (Å²) in [6.07, 6.45) is 3.06. The number of ether oxygens (including phenoxy) is 1. The minimum Gasteiger partial charge on any atom is -0.463 e. The van der Waals surface area contributed by atoms with E-state index in [9.17, 15) is 9.46 Å². The predicted molar refractivity (Wildman–Crippen MR) is 93.8 cm³/mol. The van der Waals surface area contributed by atoms with Crippen LogP contribution < -0.4 is 4.74 Å². The lowest BCUT2D eigenvalue weighted by molar-refractivity contribution is 0.0846. The predicted octanol–water partition coefficient (Wildman–Crippen LogP) is 3.00. The molecule has 26 heavy (non-hydrogen) atoms. The fraction of sp³-hybridized carbons (Fsp3) is 0.353. The average Bonchev–Trinajstić information content (AvgIpc) is 2.61. The molecule has 136 valence electrons. The lowest BCUT2D eigenvalue weighted by Gasteiger charge is -2.32.